The van der Waals surface area contributed by atoms with Crippen molar-refractivity contribution in [3.63, 3.8) is 0 Å². The minimum absolute atomic E-state index is 0.173. The molecule has 0 fully saturated rings. The molecule has 5 aromatic rings. The first-order chi connectivity index (χ1) is 20.7. The van der Waals surface area contributed by atoms with E-state index in [2.05, 4.69) is 40.8 Å². The summed E-state index contributed by atoms with van der Waals surface area (Å²) < 4.78 is 8.16. The second-order valence-electron chi connectivity index (χ2n) is 10.6. The number of amides is 2. The summed E-state index contributed by atoms with van der Waals surface area (Å²) >= 11 is 0. The third-order valence-corrected chi connectivity index (χ3v) is 7.16. The third-order valence-electron chi connectivity index (χ3n) is 7.16. The molecule has 43 heavy (non-hydrogen) atoms. The number of carbonyl (C=O) groups is 2. The van der Waals surface area contributed by atoms with Crippen LogP contribution >= 0.6 is 0 Å². The summed E-state index contributed by atoms with van der Waals surface area (Å²) in [6.07, 6.45) is 0.365. The highest BCUT2D eigenvalue weighted by Gasteiger charge is 2.14. The van der Waals surface area contributed by atoms with Crippen LogP contribution in [0, 0.1) is 13.8 Å². The normalized spacial score (nSPS) is 11.0. The molecule has 0 atom stereocenters. The number of anilines is 1. The zero-order valence-corrected chi connectivity index (χ0v) is 24.6. The van der Waals surface area contributed by atoms with Crippen molar-refractivity contribution in [3.8, 4) is 11.6 Å². The Morgan fingerprint density at radius 2 is 1.67 bits per heavy atom. The topological polar surface area (TPSA) is 110 Å². The van der Waals surface area contributed by atoms with Crippen LogP contribution < -0.4 is 10.1 Å². The second-order valence-corrected chi connectivity index (χ2v) is 10.6. The fourth-order valence-corrected chi connectivity index (χ4v) is 5.08. The number of carboxylic acid groups (broad SMARTS) is 1. The van der Waals surface area contributed by atoms with Gasteiger partial charge in [0, 0.05) is 42.5 Å². The molecule has 2 aromatic carbocycles. The van der Waals surface area contributed by atoms with Crippen molar-refractivity contribution >= 4 is 28.7 Å². The fourth-order valence-electron chi connectivity index (χ4n) is 5.08. The van der Waals surface area contributed by atoms with E-state index in [1.165, 1.54) is 11.8 Å². The third kappa shape index (κ3) is 7.56. The van der Waals surface area contributed by atoms with Gasteiger partial charge in [0.1, 0.15) is 24.0 Å². The summed E-state index contributed by atoms with van der Waals surface area (Å²) in [7, 11) is 0. The number of nitrogens with zero attached hydrogens (tertiary/aromatic N) is 4. The number of aromatic nitrogens is 3. The fraction of sp³-hybridized carbons (Fsp3) is 0.235. The molecule has 0 saturated carbocycles. The van der Waals surface area contributed by atoms with Crippen LogP contribution in [-0.2, 0) is 24.4 Å². The first kappa shape index (κ1) is 29.3. The maximum atomic E-state index is 12.1. The first-order valence-electron chi connectivity index (χ1n) is 14.2. The minimum Gasteiger partial charge on any atom is -0.489 e. The average molecular weight is 578 g/mol. The van der Waals surface area contributed by atoms with Crippen molar-refractivity contribution in [2.24, 2.45) is 0 Å². The van der Waals surface area contributed by atoms with E-state index in [-0.39, 0.29) is 12.5 Å². The van der Waals surface area contributed by atoms with Gasteiger partial charge in [-0.2, -0.15) is 0 Å². The van der Waals surface area contributed by atoms with Crippen molar-refractivity contribution in [1.82, 2.24) is 19.4 Å². The van der Waals surface area contributed by atoms with Crippen molar-refractivity contribution in [2.75, 3.05) is 11.9 Å². The Kier molecular flexibility index (Phi) is 9.00. The predicted molar refractivity (Wildman–Crippen MR) is 167 cm³/mol. The van der Waals surface area contributed by atoms with Gasteiger partial charge in [0.05, 0.1) is 5.52 Å². The molecule has 2 N–H and O–H groups in total. The molecule has 0 aliphatic heterocycles. The quantitative estimate of drug-likeness (QED) is 0.181. The van der Waals surface area contributed by atoms with E-state index in [9.17, 15) is 14.7 Å². The number of nitrogens with one attached hydrogen (secondary N) is 1. The second kappa shape index (κ2) is 13.2. The maximum absolute atomic E-state index is 12.1. The van der Waals surface area contributed by atoms with Gasteiger partial charge >= 0.3 is 6.09 Å². The van der Waals surface area contributed by atoms with Gasteiger partial charge in [-0.25, -0.2) is 14.8 Å². The number of pyridine rings is 2. The van der Waals surface area contributed by atoms with Gasteiger partial charge < -0.3 is 24.6 Å². The number of hydrogen-bond acceptors (Lipinski definition) is 5. The molecule has 3 heterocycles. The highest BCUT2D eigenvalue weighted by atomic mass is 16.5. The SMILES string of the molecule is CC(=O)Nc1ccc2ccc(COc3cccc(CN(CCCc4cccc(-n5c(C)ccc5C)n4)C(=O)O)c3)cc2n1. The number of rotatable bonds is 11. The van der Waals surface area contributed by atoms with E-state index in [0.29, 0.717) is 37.6 Å². The molecule has 0 bridgehead atoms. The molecule has 2 amide bonds. The molecule has 3 aromatic heterocycles. The average Bonchev–Trinajstić information content (AvgIpc) is 3.32. The summed E-state index contributed by atoms with van der Waals surface area (Å²) in [6.45, 7) is 6.52. The zero-order chi connectivity index (χ0) is 30.3. The van der Waals surface area contributed by atoms with Gasteiger partial charge in [-0.1, -0.05) is 30.3 Å². The van der Waals surface area contributed by atoms with E-state index in [1.807, 2.05) is 66.7 Å². The standard InChI is InChI=1S/C34H35N5O4/c1-23-12-13-24(2)39(23)33-11-5-8-29(36-33)9-6-18-38(34(41)42)21-26-7-4-10-30(19-26)43-22-27-14-15-28-16-17-32(35-25(3)40)37-31(28)20-27/h4-5,7-8,10-17,19-20H,6,9,18,21-22H2,1-3H3,(H,41,42)(H,35,37,40). The van der Waals surface area contributed by atoms with Crippen molar-refractivity contribution < 1.29 is 19.4 Å². The number of benzene rings is 2. The van der Waals surface area contributed by atoms with Crippen LogP contribution in [0.15, 0.2) is 84.9 Å². The van der Waals surface area contributed by atoms with Crippen LogP contribution in [0.25, 0.3) is 16.7 Å². The maximum Gasteiger partial charge on any atom is 0.407 e. The van der Waals surface area contributed by atoms with Crippen LogP contribution in [-0.4, -0.2) is 43.1 Å². The Hall–Kier alpha value is -5.18. The highest BCUT2D eigenvalue weighted by molar-refractivity contribution is 5.89. The van der Waals surface area contributed by atoms with E-state index in [0.717, 1.165) is 44.9 Å². The summed E-state index contributed by atoms with van der Waals surface area (Å²) in [5.74, 6) is 1.85. The summed E-state index contributed by atoms with van der Waals surface area (Å²) in [5, 5.41) is 13.6. The van der Waals surface area contributed by atoms with Crippen LogP contribution in [0.1, 0.15) is 41.6 Å². The van der Waals surface area contributed by atoms with Gasteiger partial charge in [0.2, 0.25) is 5.91 Å². The zero-order valence-electron chi connectivity index (χ0n) is 24.6. The van der Waals surface area contributed by atoms with Gasteiger partial charge in [-0.05, 0) is 92.4 Å². The van der Waals surface area contributed by atoms with Gasteiger partial charge in [-0.3, -0.25) is 4.79 Å². The van der Waals surface area contributed by atoms with Gasteiger partial charge in [0.25, 0.3) is 0 Å². The summed E-state index contributed by atoms with van der Waals surface area (Å²) in [4.78, 5) is 34.2. The molecule has 0 aliphatic carbocycles. The molecular weight excluding hydrogens is 542 g/mol. The largest absolute Gasteiger partial charge is 0.489 e. The minimum atomic E-state index is -0.964. The molecule has 220 valence electrons. The smallest absolute Gasteiger partial charge is 0.407 e. The Morgan fingerprint density at radius 1 is 0.907 bits per heavy atom. The highest BCUT2D eigenvalue weighted by Crippen LogP contribution is 2.21. The molecule has 9 nitrogen and oxygen atoms in total. The van der Waals surface area contributed by atoms with Crippen LogP contribution in [0.3, 0.4) is 0 Å². The number of aryl methyl sites for hydroxylation is 3. The number of ether oxygens (including phenoxy) is 1. The van der Waals surface area contributed by atoms with Crippen molar-refractivity contribution in [1.29, 1.82) is 0 Å². The number of carbonyl (C=O) groups excluding carboxylic acids is 1. The monoisotopic (exact) mass is 577 g/mol. The van der Waals surface area contributed by atoms with Crippen molar-refractivity contribution in [2.45, 2.75) is 46.8 Å². The van der Waals surface area contributed by atoms with Crippen molar-refractivity contribution in [3.05, 3.63) is 113 Å². The lowest BCUT2D eigenvalue weighted by Gasteiger charge is -2.20. The van der Waals surface area contributed by atoms with Crippen LogP contribution in [0.2, 0.25) is 0 Å². The Labute approximate surface area is 250 Å². The van der Waals surface area contributed by atoms with Crippen LogP contribution in [0.4, 0.5) is 10.6 Å². The Balaban J connectivity index is 1.18. The molecule has 0 unspecified atom stereocenters. The number of hydrogen-bond donors (Lipinski definition) is 2. The first-order valence-corrected chi connectivity index (χ1v) is 14.2. The molecule has 0 saturated heterocycles. The molecule has 0 radical (unpaired) electrons. The summed E-state index contributed by atoms with van der Waals surface area (Å²) in [6, 6.07) is 27.2. The van der Waals surface area contributed by atoms with E-state index in [1.54, 1.807) is 6.07 Å². The lowest BCUT2D eigenvalue weighted by atomic mass is 10.1. The predicted octanol–water partition coefficient (Wildman–Crippen LogP) is 6.69. The van der Waals surface area contributed by atoms with E-state index < -0.39 is 6.09 Å². The number of fused-ring (bicyclic) bond motifs is 1. The summed E-state index contributed by atoms with van der Waals surface area (Å²) in [5.41, 5.74) is 5.71. The molecule has 0 spiro atoms. The molecule has 0 aliphatic rings. The molecule has 5 rings (SSSR count). The Morgan fingerprint density at radius 3 is 2.44 bits per heavy atom. The van der Waals surface area contributed by atoms with Gasteiger partial charge in [0.15, 0.2) is 0 Å². The van der Waals surface area contributed by atoms with E-state index >= 15 is 0 Å². The lowest BCUT2D eigenvalue weighted by Crippen LogP contribution is -2.30. The molecule has 9 heteroatoms. The van der Waals surface area contributed by atoms with Crippen LogP contribution in [0.5, 0.6) is 5.75 Å². The van der Waals surface area contributed by atoms with Gasteiger partial charge in [-0.15, -0.1) is 0 Å². The lowest BCUT2D eigenvalue weighted by molar-refractivity contribution is -0.114. The van der Waals surface area contributed by atoms with E-state index in [4.69, 9.17) is 9.72 Å². The Bertz CT molecular complexity index is 1740. The molecular formula is C34H35N5O4.